The molecule has 0 radical (unpaired) electrons. The minimum atomic E-state index is 0.800. The Morgan fingerprint density at radius 2 is 1.79 bits per heavy atom. The Labute approximate surface area is 94.0 Å². The predicted molar refractivity (Wildman–Crippen MR) is 66.7 cm³/mol. The second kappa shape index (κ2) is 13.0. The van der Waals surface area contributed by atoms with Crippen molar-refractivity contribution < 1.29 is 0 Å². The Morgan fingerprint density at radius 3 is 2.50 bits per heavy atom. The minimum Gasteiger partial charge on any atom is -0.298 e. The molecule has 0 heterocycles. The summed E-state index contributed by atoms with van der Waals surface area (Å²) in [5.41, 5.74) is 0. The molecule has 0 aliphatic rings. The molecule has 1 nitrogen and oxygen atoms in total. The molecule has 0 aromatic carbocycles. The van der Waals surface area contributed by atoms with Crippen molar-refractivity contribution in [3.63, 3.8) is 0 Å². The van der Waals surface area contributed by atoms with Gasteiger partial charge in [-0.15, -0.1) is 11.6 Å². The highest BCUT2D eigenvalue weighted by atomic mass is 35.5. The van der Waals surface area contributed by atoms with Gasteiger partial charge in [0.1, 0.15) is 0 Å². The molecule has 2 heteroatoms. The molecule has 0 aliphatic heterocycles. The van der Waals surface area contributed by atoms with Gasteiger partial charge in [0.15, 0.2) is 0 Å². The number of halogens is 1. The van der Waals surface area contributed by atoms with E-state index in [1.165, 1.54) is 38.5 Å². The van der Waals surface area contributed by atoms with Crippen LogP contribution in [0.4, 0.5) is 0 Å². The number of rotatable bonds is 10. The van der Waals surface area contributed by atoms with Crippen molar-refractivity contribution >= 4 is 17.8 Å². The van der Waals surface area contributed by atoms with Crippen LogP contribution >= 0.6 is 11.6 Å². The maximum atomic E-state index is 5.58. The van der Waals surface area contributed by atoms with Gasteiger partial charge < -0.3 is 0 Å². The van der Waals surface area contributed by atoms with Gasteiger partial charge in [-0.25, -0.2) is 0 Å². The van der Waals surface area contributed by atoms with E-state index in [4.69, 9.17) is 11.6 Å². The lowest BCUT2D eigenvalue weighted by Crippen LogP contribution is -1.84. The van der Waals surface area contributed by atoms with Crippen molar-refractivity contribution in [1.82, 2.24) is 0 Å². The molecule has 0 saturated carbocycles. The number of alkyl halides is 1. The molecule has 0 amide bonds. The van der Waals surface area contributed by atoms with Crippen LogP contribution in [0, 0.1) is 0 Å². The summed E-state index contributed by atoms with van der Waals surface area (Å²) in [6.07, 6.45) is 12.1. The highest BCUT2D eigenvalue weighted by Crippen LogP contribution is 2.00. The Bertz CT molecular complexity index is 109. The van der Waals surface area contributed by atoms with Gasteiger partial charge in [0.05, 0.1) is 0 Å². The first-order chi connectivity index (χ1) is 6.91. The monoisotopic (exact) mass is 217 g/mol. The van der Waals surface area contributed by atoms with Gasteiger partial charge in [0.25, 0.3) is 0 Å². The first-order valence-electron chi connectivity index (χ1n) is 5.96. The molecule has 0 aromatic heterocycles. The Balaban J connectivity index is 2.96. The maximum Gasteiger partial charge on any atom is 0.0385 e. The van der Waals surface area contributed by atoms with E-state index in [-0.39, 0.29) is 0 Å². The molecule has 0 saturated heterocycles. The van der Waals surface area contributed by atoms with Crippen molar-refractivity contribution in [2.24, 2.45) is 4.99 Å². The highest BCUT2D eigenvalue weighted by molar-refractivity contribution is 6.17. The van der Waals surface area contributed by atoms with Crippen molar-refractivity contribution in [3.05, 3.63) is 0 Å². The molecule has 0 N–H and O–H groups in total. The summed E-state index contributed by atoms with van der Waals surface area (Å²) < 4.78 is 0. The van der Waals surface area contributed by atoms with E-state index in [0.29, 0.717) is 0 Å². The van der Waals surface area contributed by atoms with Gasteiger partial charge in [-0.2, -0.15) is 0 Å². The first kappa shape index (κ1) is 14.0. The summed E-state index contributed by atoms with van der Waals surface area (Å²) in [7, 11) is 0. The minimum absolute atomic E-state index is 0.800. The molecule has 0 atom stereocenters. The lowest BCUT2D eigenvalue weighted by molar-refractivity contribution is 0.674. The molecule has 84 valence electrons. The molecule has 0 fully saturated rings. The zero-order valence-corrected chi connectivity index (χ0v) is 10.2. The van der Waals surface area contributed by atoms with Crippen LogP contribution in [-0.4, -0.2) is 18.6 Å². The number of unbranched alkanes of at least 4 members (excludes halogenated alkanes) is 6. The van der Waals surface area contributed by atoms with E-state index in [9.17, 15) is 0 Å². The molecule has 0 aromatic rings. The van der Waals surface area contributed by atoms with Crippen LogP contribution < -0.4 is 0 Å². The number of nitrogens with zero attached hydrogens (tertiary/aromatic N) is 1. The topological polar surface area (TPSA) is 12.4 Å². The molecule has 14 heavy (non-hydrogen) atoms. The van der Waals surface area contributed by atoms with E-state index in [1.54, 1.807) is 0 Å². The quantitative estimate of drug-likeness (QED) is 0.292. The van der Waals surface area contributed by atoms with Gasteiger partial charge >= 0.3 is 0 Å². The van der Waals surface area contributed by atoms with Gasteiger partial charge in [-0.3, -0.25) is 4.99 Å². The summed E-state index contributed by atoms with van der Waals surface area (Å²) in [6, 6.07) is 0. The van der Waals surface area contributed by atoms with E-state index in [1.807, 2.05) is 0 Å². The number of hydrogen-bond acceptors (Lipinski definition) is 1. The Hall–Kier alpha value is -0.0400. The van der Waals surface area contributed by atoms with E-state index >= 15 is 0 Å². The summed E-state index contributed by atoms with van der Waals surface area (Å²) >= 11 is 5.58. The molecular formula is C12H24ClN. The summed E-state index contributed by atoms with van der Waals surface area (Å²) in [6.45, 7) is 3.26. The van der Waals surface area contributed by atoms with Gasteiger partial charge in [-0.05, 0) is 31.9 Å². The van der Waals surface area contributed by atoms with E-state index < -0.39 is 0 Å². The van der Waals surface area contributed by atoms with Gasteiger partial charge in [0.2, 0.25) is 0 Å². The van der Waals surface area contributed by atoms with Crippen LogP contribution in [0.5, 0.6) is 0 Å². The van der Waals surface area contributed by atoms with Gasteiger partial charge in [-0.1, -0.05) is 32.6 Å². The number of hydrogen-bond donors (Lipinski definition) is 0. The van der Waals surface area contributed by atoms with Crippen LogP contribution in [0.2, 0.25) is 0 Å². The van der Waals surface area contributed by atoms with Crippen LogP contribution in [-0.2, 0) is 0 Å². The average Bonchev–Trinajstić information content (AvgIpc) is 2.21. The second-order valence-electron chi connectivity index (χ2n) is 3.69. The lowest BCUT2D eigenvalue weighted by atomic mass is 10.2. The molecule has 0 bridgehead atoms. The van der Waals surface area contributed by atoms with Crippen molar-refractivity contribution in [3.8, 4) is 0 Å². The zero-order valence-electron chi connectivity index (χ0n) is 9.47. The highest BCUT2D eigenvalue weighted by Gasteiger charge is 1.86. The normalized spacial score (nSPS) is 11.3. The standard InChI is InChI=1S/C12H24ClN/c1-2-3-4-8-11-14-12-9-6-5-7-10-13/h12H,2-11H2,1H3. The molecule has 0 spiro atoms. The van der Waals surface area contributed by atoms with Crippen molar-refractivity contribution in [1.29, 1.82) is 0 Å². The number of aliphatic imine (C=N–C) groups is 1. The van der Waals surface area contributed by atoms with Crippen LogP contribution in [0.25, 0.3) is 0 Å². The molecular weight excluding hydrogens is 194 g/mol. The second-order valence-corrected chi connectivity index (χ2v) is 4.07. The third-order valence-corrected chi connectivity index (χ3v) is 2.50. The lowest BCUT2D eigenvalue weighted by Gasteiger charge is -1.95. The fraction of sp³-hybridized carbons (Fsp3) is 0.917. The third-order valence-electron chi connectivity index (χ3n) is 2.24. The Kier molecular flexibility index (Phi) is 12.9. The van der Waals surface area contributed by atoms with Crippen LogP contribution in [0.3, 0.4) is 0 Å². The van der Waals surface area contributed by atoms with E-state index in [0.717, 1.165) is 25.3 Å². The average molecular weight is 218 g/mol. The molecule has 0 rings (SSSR count). The summed E-state index contributed by atoms with van der Waals surface area (Å²) in [5, 5.41) is 0. The largest absolute Gasteiger partial charge is 0.298 e. The molecule has 0 aliphatic carbocycles. The smallest absolute Gasteiger partial charge is 0.0385 e. The zero-order chi connectivity index (χ0) is 10.5. The SMILES string of the molecule is CCCCCCN=CCCCCCCl. The van der Waals surface area contributed by atoms with Crippen LogP contribution in [0.15, 0.2) is 4.99 Å². The Morgan fingerprint density at radius 1 is 1.00 bits per heavy atom. The first-order valence-corrected chi connectivity index (χ1v) is 6.49. The fourth-order valence-corrected chi connectivity index (χ4v) is 1.51. The fourth-order valence-electron chi connectivity index (χ4n) is 1.32. The molecule has 0 unspecified atom stereocenters. The third kappa shape index (κ3) is 12.0. The summed E-state index contributed by atoms with van der Waals surface area (Å²) in [4.78, 5) is 4.38. The predicted octanol–water partition coefficient (Wildman–Crippen LogP) is 4.44. The van der Waals surface area contributed by atoms with Gasteiger partial charge in [0, 0.05) is 12.4 Å². The van der Waals surface area contributed by atoms with Crippen LogP contribution in [0.1, 0.15) is 58.3 Å². The van der Waals surface area contributed by atoms with E-state index in [2.05, 4.69) is 18.1 Å². The summed E-state index contributed by atoms with van der Waals surface area (Å²) in [5.74, 6) is 0.800. The maximum absolute atomic E-state index is 5.58. The van der Waals surface area contributed by atoms with Crippen molar-refractivity contribution in [2.45, 2.75) is 58.3 Å². The van der Waals surface area contributed by atoms with Crippen molar-refractivity contribution in [2.75, 3.05) is 12.4 Å².